The zero-order chi connectivity index (χ0) is 14.8. The molecule has 0 unspecified atom stereocenters. The first-order chi connectivity index (χ1) is 10.2. The molecule has 21 heavy (non-hydrogen) atoms. The van der Waals surface area contributed by atoms with Crippen molar-refractivity contribution in [2.45, 2.75) is 13.3 Å². The van der Waals surface area contributed by atoms with Gasteiger partial charge in [0.15, 0.2) is 0 Å². The van der Waals surface area contributed by atoms with E-state index in [4.69, 9.17) is 0 Å². The maximum Gasteiger partial charge on any atom is 0.149 e. The van der Waals surface area contributed by atoms with Gasteiger partial charge in [0, 0.05) is 17.6 Å². The average Bonchev–Trinajstić information content (AvgIpc) is 2.49. The van der Waals surface area contributed by atoms with Crippen LogP contribution in [0.4, 0.5) is 20.3 Å². The lowest BCUT2D eigenvalue weighted by Crippen LogP contribution is -1.98. The van der Waals surface area contributed by atoms with Gasteiger partial charge in [0.2, 0.25) is 0 Å². The van der Waals surface area contributed by atoms with Crippen LogP contribution in [-0.4, -0.2) is 4.98 Å². The van der Waals surface area contributed by atoms with Crippen molar-refractivity contribution in [3.63, 3.8) is 0 Å². The van der Waals surface area contributed by atoms with Gasteiger partial charge < -0.3 is 5.32 Å². The fraction of sp³-hybridized carbons (Fsp3) is 0.118. The highest BCUT2D eigenvalue weighted by Crippen LogP contribution is 2.28. The van der Waals surface area contributed by atoms with E-state index in [0.717, 1.165) is 23.3 Å². The summed E-state index contributed by atoms with van der Waals surface area (Å²) < 4.78 is 26.7. The summed E-state index contributed by atoms with van der Waals surface area (Å²) >= 11 is 0. The summed E-state index contributed by atoms with van der Waals surface area (Å²) in [7, 11) is 0. The van der Waals surface area contributed by atoms with Crippen LogP contribution in [0, 0.1) is 11.6 Å². The number of hydrogen-bond acceptors (Lipinski definition) is 2. The number of rotatable bonds is 3. The van der Waals surface area contributed by atoms with Crippen LogP contribution in [0.3, 0.4) is 0 Å². The van der Waals surface area contributed by atoms with Crippen molar-refractivity contribution in [3.05, 3.63) is 65.9 Å². The molecule has 0 saturated carbocycles. The summed E-state index contributed by atoms with van der Waals surface area (Å²) in [6.45, 7) is 2.09. The Labute approximate surface area is 121 Å². The topological polar surface area (TPSA) is 24.9 Å². The Hall–Kier alpha value is -2.49. The van der Waals surface area contributed by atoms with Gasteiger partial charge in [-0.25, -0.2) is 13.8 Å². The molecule has 0 atom stereocenters. The molecule has 0 aliphatic carbocycles. The Kier molecular flexibility index (Phi) is 3.52. The first-order valence-corrected chi connectivity index (χ1v) is 6.77. The third-order valence-corrected chi connectivity index (χ3v) is 3.46. The predicted molar refractivity (Wildman–Crippen MR) is 80.8 cm³/mol. The molecular weight excluding hydrogens is 270 g/mol. The number of halogens is 2. The van der Waals surface area contributed by atoms with Crippen LogP contribution < -0.4 is 5.32 Å². The largest absolute Gasteiger partial charge is 0.337 e. The van der Waals surface area contributed by atoms with E-state index in [0.29, 0.717) is 5.82 Å². The SMILES string of the molecule is CCc1cccc2c(Nc3ccc(F)cc3F)nccc12. The van der Waals surface area contributed by atoms with Crippen LogP contribution in [0.1, 0.15) is 12.5 Å². The Morgan fingerprint density at radius 2 is 1.90 bits per heavy atom. The summed E-state index contributed by atoms with van der Waals surface area (Å²) in [5.41, 5.74) is 1.41. The average molecular weight is 284 g/mol. The molecule has 0 fully saturated rings. The second-order valence-electron chi connectivity index (χ2n) is 4.77. The van der Waals surface area contributed by atoms with Crippen molar-refractivity contribution in [1.82, 2.24) is 4.98 Å². The maximum absolute atomic E-state index is 13.8. The van der Waals surface area contributed by atoms with Crippen molar-refractivity contribution in [2.24, 2.45) is 0 Å². The van der Waals surface area contributed by atoms with Crippen LogP contribution in [0.5, 0.6) is 0 Å². The molecule has 2 aromatic carbocycles. The van der Waals surface area contributed by atoms with Gasteiger partial charge in [-0.15, -0.1) is 0 Å². The molecule has 3 aromatic rings. The minimum absolute atomic E-state index is 0.207. The van der Waals surface area contributed by atoms with Gasteiger partial charge in [-0.1, -0.05) is 25.1 Å². The third-order valence-electron chi connectivity index (χ3n) is 3.46. The van der Waals surface area contributed by atoms with Crippen molar-refractivity contribution < 1.29 is 8.78 Å². The molecule has 1 heterocycles. The molecule has 1 aromatic heterocycles. The third kappa shape index (κ3) is 2.57. The van der Waals surface area contributed by atoms with E-state index in [-0.39, 0.29) is 5.69 Å². The first-order valence-electron chi connectivity index (χ1n) is 6.77. The zero-order valence-corrected chi connectivity index (χ0v) is 11.5. The van der Waals surface area contributed by atoms with Crippen LogP contribution in [0.2, 0.25) is 0 Å². The van der Waals surface area contributed by atoms with E-state index < -0.39 is 11.6 Å². The van der Waals surface area contributed by atoms with E-state index in [1.165, 1.54) is 17.7 Å². The number of nitrogens with one attached hydrogen (secondary N) is 1. The quantitative estimate of drug-likeness (QED) is 0.746. The number of nitrogens with zero attached hydrogens (tertiary/aromatic N) is 1. The molecule has 0 aliphatic heterocycles. The monoisotopic (exact) mass is 284 g/mol. The predicted octanol–water partition coefficient (Wildman–Crippen LogP) is 4.82. The summed E-state index contributed by atoms with van der Waals surface area (Å²) in [6.07, 6.45) is 2.59. The lowest BCUT2D eigenvalue weighted by molar-refractivity contribution is 0.586. The van der Waals surface area contributed by atoms with Crippen molar-refractivity contribution in [3.8, 4) is 0 Å². The minimum atomic E-state index is -0.638. The molecule has 106 valence electrons. The number of aromatic nitrogens is 1. The molecule has 0 spiro atoms. The second kappa shape index (κ2) is 5.48. The van der Waals surface area contributed by atoms with Gasteiger partial charge in [-0.3, -0.25) is 0 Å². The van der Waals surface area contributed by atoms with E-state index in [1.807, 2.05) is 18.2 Å². The van der Waals surface area contributed by atoms with E-state index >= 15 is 0 Å². The van der Waals surface area contributed by atoms with Gasteiger partial charge in [0.25, 0.3) is 0 Å². The molecule has 0 amide bonds. The molecule has 0 bridgehead atoms. The zero-order valence-electron chi connectivity index (χ0n) is 11.5. The van der Waals surface area contributed by atoms with Crippen LogP contribution >= 0.6 is 0 Å². The molecule has 0 saturated heterocycles. The highest BCUT2D eigenvalue weighted by atomic mass is 19.1. The summed E-state index contributed by atoms with van der Waals surface area (Å²) in [5.74, 6) is -0.675. The number of hydrogen-bond donors (Lipinski definition) is 1. The minimum Gasteiger partial charge on any atom is -0.337 e. The Morgan fingerprint density at radius 1 is 1.05 bits per heavy atom. The number of benzene rings is 2. The standard InChI is InChI=1S/C17H14F2N2/c1-2-11-4-3-5-14-13(11)8-9-20-17(14)21-16-7-6-12(18)10-15(16)19/h3-10H,2H2,1H3,(H,20,21). The smallest absolute Gasteiger partial charge is 0.149 e. The van der Waals surface area contributed by atoms with E-state index in [1.54, 1.807) is 6.20 Å². The molecule has 1 N–H and O–H groups in total. The molecule has 0 aliphatic rings. The first kappa shape index (κ1) is 13.5. The fourth-order valence-electron chi connectivity index (χ4n) is 2.40. The van der Waals surface area contributed by atoms with Gasteiger partial charge in [0.1, 0.15) is 17.5 Å². The maximum atomic E-state index is 13.8. The van der Waals surface area contributed by atoms with Gasteiger partial charge >= 0.3 is 0 Å². The Balaban J connectivity index is 2.08. The van der Waals surface area contributed by atoms with Gasteiger partial charge in [-0.05, 0) is 35.6 Å². The van der Waals surface area contributed by atoms with Crippen LogP contribution in [-0.2, 0) is 6.42 Å². The van der Waals surface area contributed by atoms with Crippen molar-refractivity contribution >= 4 is 22.3 Å². The molecular formula is C17H14F2N2. The Morgan fingerprint density at radius 3 is 2.67 bits per heavy atom. The Bertz CT molecular complexity index is 800. The highest BCUT2D eigenvalue weighted by Gasteiger charge is 2.08. The normalized spacial score (nSPS) is 10.8. The van der Waals surface area contributed by atoms with Gasteiger partial charge in [0.05, 0.1) is 5.69 Å². The second-order valence-corrected chi connectivity index (χ2v) is 4.77. The molecule has 4 heteroatoms. The van der Waals surface area contributed by atoms with E-state index in [2.05, 4.69) is 23.3 Å². The lowest BCUT2D eigenvalue weighted by Gasteiger charge is -2.11. The fourth-order valence-corrected chi connectivity index (χ4v) is 2.40. The van der Waals surface area contributed by atoms with E-state index in [9.17, 15) is 8.78 Å². The highest BCUT2D eigenvalue weighted by molar-refractivity contribution is 5.95. The van der Waals surface area contributed by atoms with Crippen molar-refractivity contribution in [2.75, 3.05) is 5.32 Å². The van der Waals surface area contributed by atoms with Crippen molar-refractivity contribution in [1.29, 1.82) is 0 Å². The molecule has 3 rings (SSSR count). The molecule has 0 radical (unpaired) electrons. The molecule has 2 nitrogen and oxygen atoms in total. The van der Waals surface area contributed by atoms with Gasteiger partial charge in [-0.2, -0.15) is 0 Å². The summed E-state index contributed by atoms with van der Waals surface area (Å²) in [5, 5.41) is 4.94. The number of anilines is 2. The number of aryl methyl sites for hydroxylation is 1. The number of fused-ring (bicyclic) bond motifs is 1. The number of pyridine rings is 1. The summed E-state index contributed by atoms with van der Waals surface area (Å²) in [6, 6.07) is 11.3. The lowest BCUT2D eigenvalue weighted by atomic mass is 10.0. The van der Waals surface area contributed by atoms with Crippen LogP contribution in [0.15, 0.2) is 48.7 Å². The summed E-state index contributed by atoms with van der Waals surface area (Å²) in [4.78, 5) is 4.27. The van der Waals surface area contributed by atoms with Crippen LogP contribution in [0.25, 0.3) is 10.8 Å².